The van der Waals surface area contributed by atoms with Crippen LogP contribution in [0.5, 0.6) is 0 Å². The van der Waals surface area contributed by atoms with E-state index in [-0.39, 0.29) is 5.56 Å². The van der Waals surface area contributed by atoms with E-state index in [2.05, 4.69) is 27.3 Å². The number of nitrogens with zero attached hydrogens (tertiary/aromatic N) is 4. The number of rotatable bonds is 6. The summed E-state index contributed by atoms with van der Waals surface area (Å²) in [5, 5.41) is 7.97. The molecular weight excluding hydrogens is 302 g/mol. The topological polar surface area (TPSA) is 53.4 Å². The number of hydrogen-bond acceptors (Lipinski definition) is 5. The SMILES string of the molecule is CN1CCC(NCC2CCCCN2CCn2ncccc2=O)CC1. The molecule has 0 amide bonds. The predicted octanol–water partition coefficient (Wildman–Crippen LogP) is 0.782. The molecule has 0 bridgehead atoms. The van der Waals surface area contributed by atoms with Crippen molar-refractivity contribution < 1.29 is 0 Å². The van der Waals surface area contributed by atoms with Crippen LogP contribution in [0.25, 0.3) is 0 Å². The summed E-state index contributed by atoms with van der Waals surface area (Å²) in [6, 6.07) is 4.55. The van der Waals surface area contributed by atoms with Gasteiger partial charge in [-0.05, 0) is 58.4 Å². The average molecular weight is 333 g/mol. The molecule has 2 saturated heterocycles. The van der Waals surface area contributed by atoms with E-state index in [4.69, 9.17) is 0 Å². The fourth-order valence-electron chi connectivity index (χ4n) is 3.88. The van der Waals surface area contributed by atoms with E-state index in [0.29, 0.717) is 18.6 Å². The fraction of sp³-hybridized carbons (Fsp3) is 0.778. The lowest BCUT2D eigenvalue weighted by Crippen LogP contribution is -2.50. The van der Waals surface area contributed by atoms with Crippen LogP contribution in [0, 0.1) is 0 Å². The molecule has 0 spiro atoms. The monoisotopic (exact) mass is 333 g/mol. The molecule has 3 rings (SSSR count). The first-order chi connectivity index (χ1) is 11.7. The van der Waals surface area contributed by atoms with Gasteiger partial charge in [0.25, 0.3) is 5.56 Å². The van der Waals surface area contributed by atoms with Crippen LogP contribution >= 0.6 is 0 Å². The normalized spacial score (nSPS) is 24.3. The lowest BCUT2D eigenvalue weighted by Gasteiger charge is -2.37. The van der Waals surface area contributed by atoms with Crippen LogP contribution in [0.15, 0.2) is 23.1 Å². The standard InChI is InChI=1S/C18H31N5O/c1-21-11-7-16(8-12-21)19-15-17-5-2-3-10-22(17)13-14-23-18(24)6-4-9-20-23/h4,6,9,16-17,19H,2-3,5,7-8,10-15H2,1H3. The molecule has 0 radical (unpaired) electrons. The van der Waals surface area contributed by atoms with E-state index in [1.54, 1.807) is 23.0 Å². The molecule has 2 fully saturated rings. The Kier molecular flexibility index (Phi) is 6.40. The average Bonchev–Trinajstić information content (AvgIpc) is 2.61. The van der Waals surface area contributed by atoms with Gasteiger partial charge in [-0.2, -0.15) is 5.10 Å². The van der Waals surface area contributed by atoms with Crippen molar-refractivity contribution in [3.05, 3.63) is 28.7 Å². The Balaban J connectivity index is 1.48. The van der Waals surface area contributed by atoms with Gasteiger partial charge in [-0.1, -0.05) is 6.42 Å². The first-order valence-electron chi connectivity index (χ1n) is 9.40. The molecule has 1 N–H and O–H groups in total. The minimum absolute atomic E-state index is 0.00416. The van der Waals surface area contributed by atoms with Crippen molar-refractivity contribution in [1.82, 2.24) is 24.9 Å². The Morgan fingerprint density at radius 2 is 2.00 bits per heavy atom. The maximum atomic E-state index is 11.8. The van der Waals surface area contributed by atoms with E-state index in [9.17, 15) is 4.79 Å². The third-order valence-electron chi connectivity index (χ3n) is 5.49. The molecule has 0 aliphatic carbocycles. The van der Waals surface area contributed by atoms with Crippen LogP contribution in [0.1, 0.15) is 32.1 Å². The molecule has 0 aromatic carbocycles. The smallest absolute Gasteiger partial charge is 0.266 e. The van der Waals surface area contributed by atoms with Crippen molar-refractivity contribution in [3.8, 4) is 0 Å². The number of piperidine rings is 2. The maximum absolute atomic E-state index is 11.8. The Bertz CT molecular complexity index is 552. The summed E-state index contributed by atoms with van der Waals surface area (Å²) < 4.78 is 1.58. The third kappa shape index (κ3) is 4.88. The van der Waals surface area contributed by atoms with Gasteiger partial charge in [-0.3, -0.25) is 9.69 Å². The first kappa shape index (κ1) is 17.6. The van der Waals surface area contributed by atoms with Gasteiger partial charge in [0.15, 0.2) is 0 Å². The van der Waals surface area contributed by atoms with E-state index in [1.807, 2.05) is 0 Å². The van der Waals surface area contributed by atoms with E-state index in [1.165, 1.54) is 45.2 Å². The molecule has 1 unspecified atom stereocenters. The number of aromatic nitrogens is 2. The zero-order chi connectivity index (χ0) is 16.8. The molecule has 6 heteroatoms. The molecular formula is C18H31N5O. The highest BCUT2D eigenvalue weighted by atomic mass is 16.1. The van der Waals surface area contributed by atoms with E-state index < -0.39 is 0 Å². The second-order valence-corrected chi connectivity index (χ2v) is 7.26. The highest BCUT2D eigenvalue weighted by molar-refractivity contribution is 4.86. The number of hydrogen-bond donors (Lipinski definition) is 1. The second-order valence-electron chi connectivity index (χ2n) is 7.26. The minimum Gasteiger partial charge on any atom is -0.312 e. The van der Waals surface area contributed by atoms with Crippen molar-refractivity contribution in [2.24, 2.45) is 0 Å². The molecule has 6 nitrogen and oxygen atoms in total. The van der Waals surface area contributed by atoms with Crippen LogP contribution < -0.4 is 10.9 Å². The van der Waals surface area contributed by atoms with E-state index >= 15 is 0 Å². The first-order valence-corrected chi connectivity index (χ1v) is 9.40. The maximum Gasteiger partial charge on any atom is 0.266 e. The Hall–Kier alpha value is -1.24. The van der Waals surface area contributed by atoms with Crippen molar-refractivity contribution in [2.75, 3.05) is 39.8 Å². The summed E-state index contributed by atoms with van der Waals surface area (Å²) in [5.41, 5.74) is -0.00416. The van der Waals surface area contributed by atoms with Gasteiger partial charge < -0.3 is 10.2 Å². The molecule has 2 aliphatic heterocycles. The zero-order valence-electron chi connectivity index (χ0n) is 14.9. The number of likely N-dealkylation sites (tertiary alicyclic amines) is 2. The zero-order valence-corrected chi connectivity index (χ0v) is 14.9. The summed E-state index contributed by atoms with van der Waals surface area (Å²) in [6.45, 7) is 6.22. The molecule has 3 heterocycles. The van der Waals surface area contributed by atoms with E-state index in [0.717, 1.165) is 19.6 Å². The minimum atomic E-state index is -0.00416. The molecule has 1 aromatic rings. The summed E-state index contributed by atoms with van der Waals surface area (Å²) >= 11 is 0. The number of nitrogens with one attached hydrogen (secondary N) is 1. The van der Waals surface area contributed by atoms with Crippen molar-refractivity contribution in [2.45, 2.75) is 50.7 Å². The summed E-state index contributed by atoms with van der Waals surface area (Å²) in [5.74, 6) is 0. The van der Waals surface area contributed by atoms with Gasteiger partial charge in [-0.15, -0.1) is 0 Å². The highest BCUT2D eigenvalue weighted by Crippen LogP contribution is 2.17. The second kappa shape index (κ2) is 8.74. The van der Waals surface area contributed by atoms with Crippen LogP contribution in [-0.2, 0) is 6.54 Å². The summed E-state index contributed by atoms with van der Waals surface area (Å²) in [4.78, 5) is 16.8. The van der Waals surface area contributed by atoms with Crippen molar-refractivity contribution in [3.63, 3.8) is 0 Å². The lowest BCUT2D eigenvalue weighted by atomic mass is 10.0. The van der Waals surface area contributed by atoms with Gasteiger partial charge in [0, 0.05) is 37.4 Å². The van der Waals surface area contributed by atoms with Crippen LogP contribution in [0.3, 0.4) is 0 Å². The molecule has 134 valence electrons. The summed E-state index contributed by atoms with van der Waals surface area (Å²) in [6.07, 6.45) is 8.05. The quantitative estimate of drug-likeness (QED) is 0.834. The Labute approximate surface area is 144 Å². The lowest BCUT2D eigenvalue weighted by molar-refractivity contribution is 0.130. The third-order valence-corrected chi connectivity index (χ3v) is 5.49. The van der Waals surface area contributed by atoms with Gasteiger partial charge in [0.05, 0.1) is 6.54 Å². The molecule has 1 aromatic heterocycles. The van der Waals surface area contributed by atoms with Crippen molar-refractivity contribution in [1.29, 1.82) is 0 Å². The van der Waals surface area contributed by atoms with Gasteiger partial charge in [0.1, 0.15) is 0 Å². The van der Waals surface area contributed by atoms with Gasteiger partial charge in [-0.25, -0.2) is 4.68 Å². The predicted molar refractivity (Wildman–Crippen MR) is 96.2 cm³/mol. The van der Waals surface area contributed by atoms with Crippen molar-refractivity contribution >= 4 is 0 Å². The molecule has 1 atom stereocenters. The molecule has 2 aliphatic rings. The van der Waals surface area contributed by atoms with Gasteiger partial charge >= 0.3 is 0 Å². The fourth-order valence-corrected chi connectivity index (χ4v) is 3.88. The Morgan fingerprint density at radius 1 is 1.17 bits per heavy atom. The van der Waals surface area contributed by atoms with Crippen LogP contribution in [-0.4, -0.2) is 71.4 Å². The summed E-state index contributed by atoms with van der Waals surface area (Å²) in [7, 11) is 2.21. The largest absolute Gasteiger partial charge is 0.312 e. The van der Waals surface area contributed by atoms with Crippen LogP contribution in [0.4, 0.5) is 0 Å². The van der Waals surface area contributed by atoms with Crippen LogP contribution in [0.2, 0.25) is 0 Å². The molecule has 0 saturated carbocycles. The molecule has 24 heavy (non-hydrogen) atoms. The Morgan fingerprint density at radius 3 is 2.79 bits per heavy atom. The highest BCUT2D eigenvalue weighted by Gasteiger charge is 2.24. The van der Waals surface area contributed by atoms with Gasteiger partial charge in [0.2, 0.25) is 0 Å².